The van der Waals surface area contributed by atoms with Gasteiger partial charge in [-0.2, -0.15) is 0 Å². The number of hydrogen-bond donors (Lipinski definition) is 0. The second kappa shape index (κ2) is 8.33. The zero-order valence-electron chi connectivity index (χ0n) is 15.3. The first-order chi connectivity index (χ1) is 12.2. The molecule has 1 fully saturated rings. The van der Waals surface area contributed by atoms with Gasteiger partial charge in [-0.15, -0.1) is 0 Å². The number of hydrogen-bond acceptors (Lipinski definition) is 2. The molecule has 0 radical (unpaired) electrons. The maximum absolute atomic E-state index is 12.4. The molecule has 2 aromatic rings. The van der Waals surface area contributed by atoms with Crippen molar-refractivity contribution in [3.63, 3.8) is 0 Å². The summed E-state index contributed by atoms with van der Waals surface area (Å²) in [5.41, 5.74) is 3.53. The highest BCUT2D eigenvalue weighted by molar-refractivity contribution is 5.86. The second-order valence-corrected chi connectivity index (χ2v) is 7.07. The van der Waals surface area contributed by atoms with Crippen molar-refractivity contribution in [3.8, 4) is 16.9 Å². The minimum atomic E-state index is 0.0988. The number of carbonyl (C=O) groups is 1. The molecule has 0 bridgehead atoms. The average Bonchev–Trinajstić information content (AvgIpc) is 2.67. The standard InChI is InChI=1S/C23H28O2/c1-3-15-25-21-12-10-19(11-13-21)18-6-8-20(9-7-18)22-14-5-17(4-2)16-23(22)24/h6-13,17,22H,3-5,14-16H2,1-2H3. The highest BCUT2D eigenvalue weighted by atomic mass is 16.5. The molecule has 0 aromatic heterocycles. The Morgan fingerprint density at radius 3 is 2.12 bits per heavy atom. The Morgan fingerprint density at radius 1 is 0.920 bits per heavy atom. The zero-order valence-corrected chi connectivity index (χ0v) is 15.3. The first-order valence-electron chi connectivity index (χ1n) is 9.57. The molecule has 2 nitrogen and oxygen atoms in total. The lowest BCUT2D eigenvalue weighted by Crippen LogP contribution is -2.23. The van der Waals surface area contributed by atoms with Crippen LogP contribution in [0.25, 0.3) is 11.1 Å². The van der Waals surface area contributed by atoms with Crippen LogP contribution < -0.4 is 4.74 Å². The summed E-state index contributed by atoms with van der Waals surface area (Å²) < 4.78 is 5.64. The molecule has 2 aromatic carbocycles. The van der Waals surface area contributed by atoms with Gasteiger partial charge in [0.2, 0.25) is 0 Å². The van der Waals surface area contributed by atoms with Crippen molar-refractivity contribution in [2.45, 2.75) is 51.9 Å². The van der Waals surface area contributed by atoms with Crippen molar-refractivity contribution < 1.29 is 9.53 Å². The van der Waals surface area contributed by atoms with Gasteiger partial charge < -0.3 is 4.74 Å². The lowest BCUT2D eigenvalue weighted by Gasteiger charge is -2.27. The highest BCUT2D eigenvalue weighted by Crippen LogP contribution is 2.35. The largest absolute Gasteiger partial charge is 0.494 e. The summed E-state index contributed by atoms with van der Waals surface area (Å²) in [4.78, 5) is 12.4. The lowest BCUT2D eigenvalue weighted by atomic mass is 9.77. The van der Waals surface area contributed by atoms with Crippen LogP contribution in [0.4, 0.5) is 0 Å². The number of ketones is 1. The fourth-order valence-corrected chi connectivity index (χ4v) is 3.66. The molecule has 132 valence electrons. The first kappa shape index (κ1) is 17.7. The molecule has 2 heteroatoms. The molecule has 0 heterocycles. The molecule has 1 aliphatic rings. The Hall–Kier alpha value is -2.09. The van der Waals surface area contributed by atoms with E-state index in [1.54, 1.807) is 0 Å². The molecule has 0 spiro atoms. The van der Waals surface area contributed by atoms with Crippen molar-refractivity contribution in [1.82, 2.24) is 0 Å². The van der Waals surface area contributed by atoms with Crippen LogP contribution in [-0.2, 0) is 4.79 Å². The number of carbonyl (C=O) groups excluding carboxylic acids is 1. The molecular weight excluding hydrogens is 308 g/mol. The van der Waals surface area contributed by atoms with Gasteiger partial charge in [0.05, 0.1) is 6.61 Å². The van der Waals surface area contributed by atoms with Crippen LogP contribution in [0, 0.1) is 5.92 Å². The molecule has 2 unspecified atom stereocenters. The van der Waals surface area contributed by atoms with Crippen LogP contribution >= 0.6 is 0 Å². The third-order valence-corrected chi connectivity index (χ3v) is 5.29. The van der Waals surface area contributed by atoms with Gasteiger partial charge in [-0.3, -0.25) is 4.79 Å². The van der Waals surface area contributed by atoms with Gasteiger partial charge in [-0.05, 0) is 54.0 Å². The minimum absolute atomic E-state index is 0.0988. The van der Waals surface area contributed by atoms with Gasteiger partial charge in [-0.25, -0.2) is 0 Å². The number of ether oxygens (including phenoxy) is 1. The Balaban J connectivity index is 1.69. The zero-order chi connectivity index (χ0) is 17.6. The monoisotopic (exact) mass is 336 g/mol. The third-order valence-electron chi connectivity index (χ3n) is 5.29. The van der Waals surface area contributed by atoms with Gasteiger partial charge in [0, 0.05) is 12.3 Å². The van der Waals surface area contributed by atoms with Crippen molar-refractivity contribution in [2.24, 2.45) is 5.92 Å². The van der Waals surface area contributed by atoms with Crippen LogP contribution in [0.15, 0.2) is 48.5 Å². The Bertz CT molecular complexity index is 685. The molecule has 0 aliphatic heterocycles. The van der Waals surface area contributed by atoms with E-state index in [1.807, 2.05) is 12.1 Å². The predicted octanol–water partition coefficient (Wildman–Crippen LogP) is 6.01. The van der Waals surface area contributed by atoms with Crippen LogP contribution in [0.1, 0.15) is 57.4 Å². The Labute approximate surface area is 151 Å². The smallest absolute Gasteiger partial charge is 0.140 e. The second-order valence-electron chi connectivity index (χ2n) is 7.07. The van der Waals surface area contributed by atoms with E-state index in [1.165, 1.54) is 23.1 Å². The molecule has 0 amide bonds. The van der Waals surface area contributed by atoms with E-state index in [4.69, 9.17) is 4.74 Å². The van der Waals surface area contributed by atoms with E-state index < -0.39 is 0 Å². The van der Waals surface area contributed by atoms with E-state index in [0.29, 0.717) is 11.7 Å². The molecule has 1 aliphatic carbocycles. The minimum Gasteiger partial charge on any atom is -0.494 e. The molecule has 2 atom stereocenters. The Morgan fingerprint density at radius 2 is 1.56 bits per heavy atom. The number of benzene rings is 2. The predicted molar refractivity (Wildman–Crippen MR) is 103 cm³/mol. The number of rotatable bonds is 6. The molecule has 3 rings (SSSR count). The summed E-state index contributed by atoms with van der Waals surface area (Å²) in [6.45, 7) is 5.05. The summed E-state index contributed by atoms with van der Waals surface area (Å²) in [7, 11) is 0. The van der Waals surface area contributed by atoms with E-state index in [9.17, 15) is 4.79 Å². The van der Waals surface area contributed by atoms with Gasteiger partial charge >= 0.3 is 0 Å². The first-order valence-corrected chi connectivity index (χ1v) is 9.57. The van der Waals surface area contributed by atoms with E-state index in [0.717, 1.165) is 38.0 Å². The van der Waals surface area contributed by atoms with Gasteiger partial charge in [0.1, 0.15) is 11.5 Å². The lowest BCUT2D eigenvalue weighted by molar-refractivity contribution is -0.123. The molecule has 0 saturated heterocycles. The fourth-order valence-electron chi connectivity index (χ4n) is 3.66. The van der Waals surface area contributed by atoms with Crippen molar-refractivity contribution in [1.29, 1.82) is 0 Å². The SMILES string of the molecule is CCCOc1ccc(-c2ccc(C3CCC(CC)CC3=O)cc2)cc1. The molecule has 25 heavy (non-hydrogen) atoms. The Kier molecular flexibility index (Phi) is 5.91. The summed E-state index contributed by atoms with van der Waals surface area (Å²) in [5, 5.41) is 0. The van der Waals surface area contributed by atoms with Crippen LogP contribution in [0.2, 0.25) is 0 Å². The fraction of sp³-hybridized carbons (Fsp3) is 0.435. The maximum Gasteiger partial charge on any atom is 0.140 e. The summed E-state index contributed by atoms with van der Waals surface area (Å²) in [5.74, 6) is 2.03. The summed E-state index contributed by atoms with van der Waals surface area (Å²) >= 11 is 0. The average molecular weight is 336 g/mol. The summed E-state index contributed by atoms with van der Waals surface area (Å²) in [6, 6.07) is 16.8. The van der Waals surface area contributed by atoms with Crippen molar-refractivity contribution in [3.05, 3.63) is 54.1 Å². The third kappa shape index (κ3) is 4.31. The highest BCUT2D eigenvalue weighted by Gasteiger charge is 2.28. The molecule has 0 N–H and O–H groups in total. The molecule has 1 saturated carbocycles. The topological polar surface area (TPSA) is 26.3 Å². The van der Waals surface area contributed by atoms with E-state index in [-0.39, 0.29) is 5.92 Å². The van der Waals surface area contributed by atoms with Crippen molar-refractivity contribution >= 4 is 5.78 Å². The van der Waals surface area contributed by atoms with Crippen LogP contribution in [-0.4, -0.2) is 12.4 Å². The quantitative estimate of drug-likeness (QED) is 0.646. The van der Waals surface area contributed by atoms with Crippen LogP contribution in [0.3, 0.4) is 0 Å². The van der Waals surface area contributed by atoms with Gasteiger partial charge in [-0.1, -0.05) is 56.7 Å². The summed E-state index contributed by atoms with van der Waals surface area (Å²) in [6.07, 6.45) is 5.06. The van der Waals surface area contributed by atoms with Crippen LogP contribution in [0.5, 0.6) is 5.75 Å². The normalized spacial score (nSPS) is 20.5. The van der Waals surface area contributed by atoms with E-state index >= 15 is 0 Å². The van der Waals surface area contributed by atoms with Gasteiger partial charge in [0.15, 0.2) is 0 Å². The maximum atomic E-state index is 12.4. The van der Waals surface area contributed by atoms with Gasteiger partial charge in [0.25, 0.3) is 0 Å². The van der Waals surface area contributed by atoms with E-state index in [2.05, 4.69) is 50.2 Å². The number of Topliss-reactive ketones (excluding diaryl/α,β-unsaturated/α-hetero) is 1. The van der Waals surface area contributed by atoms with Crippen molar-refractivity contribution in [2.75, 3.05) is 6.61 Å². The molecular formula is C23H28O2.